The molecule has 0 saturated carbocycles. The number of benzene rings is 2. The van der Waals surface area contributed by atoms with Gasteiger partial charge in [-0.1, -0.05) is 40.8 Å². The average Bonchev–Trinajstić information content (AvgIpc) is 3.11. The van der Waals surface area contributed by atoms with Gasteiger partial charge in [0.05, 0.1) is 12.9 Å². The largest absolute Gasteiger partial charge is 0.497 e. The standard InChI is InChI=1S/C21H17ClN4O3S3/c1-11-8-13(6-7-15(11)22)26-18-17(32-21(26)30)19(28)25-20(24-18)31-10-16(27)23-12-4-3-5-14(9-12)29-2/h3-9H,10H2,1-2H3,(H,23,27)(H,24,25,28). The van der Waals surface area contributed by atoms with E-state index in [9.17, 15) is 9.59 Å². The van der Waals surface area contributed by atoms with Gasteiger partial charge in [0, 0.05) is 22.5 Å². The van der Waals surface area contributed by atoms with Gasteiger partial charge in [-0.2, -0.15) is 0 Å². The number of ether oxygens (including phenoxy) is 1. The van der Waals surface area contributed by atoms with E-state index in [4.69, 9.17) is 28.6 Å². The third-order valence-corrected chi connectivity index (χ3v) is 7.17. The molecule has 4 rings (SSSR count). The van der Waals surface area contributed by atoms with Gasteiger partial charge in [-0.3, -0.25) is 14.2 Å². The number of carbonyl (C=O) groups excluding carboxylic acids is 1. The Morgan fingerprint density at radius 3 is 2.91 bits per heavy atom. The highest BCUT2D eigenvalue weighted by Gasteiger charge is 2.15. The molecule has 1 amide bonds. The first-order valence-electron chi connectivity index (χ1n) is 9.35. The second-order valence-corrected chi connectivity index (χ2v) is 9.74. The fraction of sp³-hybridized carbons (Fsp3) is 0.143. The van der Waals surface area contributed by atoms with Crippen molar-refractivity contribution in [1.82, 2.24) is 14.5 Å². The number of rotatable bonds is 6. The van der Waals surface area contributed by atoms with Crippen LogP contribution in [0.4, 0.5) is 5.69 Å². The molecule has 164 valence electrons. The van der Waals surface area contributed by atoms with Crippen LogP contribution in [0.25, 0.3) is 16.0 Å². The Kier molecular flexibility index (Phi) is 6.66. The molecule has 0 spiro atoms. The van der Waals surface area contributed by atoms with Crippen LogP contribution in [-0.4, -0.2) is 33.3 Å². The highest BCUT2D eigenvalue weighted by atomic mass is 35.5. The van der Waals surface area contributed by atoms with Crippen molar-refractivity contribution in [3.05, 3.63) is 67.4 Å². The number of aromatic amines is 1. The number of aromatic nitrogens is 3. The van der Waals surface area contributed by atoms with Gasteiger partial charge in [-0.15, -0.1) is 0 Å². The number of thiazole rings is 1. The lowest BCUT2D eigenvalue weighted by Crippen LogP contribution is -2.15. The van der Waals surface area contributed by atoms with Crippen molar-refractivity contribution in [2.24, 2.45) is 0 Å². The van der Waals surface area contributed by atoms with Crippen LogP contribution in [0.5, 0.6) is 5.75 Å². The summed E-state index contributed by atoms with van der Waals surface area (Å²) in [5, 5.41) is 3.77. The molecule has 11 heteroatoms. The monoisotopic (exact) mass is 504 g/mol. The maximum Gasteiger partial charge on any atom is 0.271 e. The van der Waals surface area contributed by atoms with Crippen molar-refractivity contribution >= 4 is 68.9 Å². The van der Waals surface area contributed by atoms with Crippen LogP contribution in [0.3, 0.4) is 0 Å². The lowest BCUT2D eigenvalue weighted by atomic mass is 10.2. The zero-order chi connectivity index (χ0) is 22.8. The quantitative estimate of drug-likeness (QED) is 0.213. The number of nitrogens with zero attached hydrogens (tertiary/aromatic N) is 2. The number of hydrogen-bond donors (Lipinski definition) is 2. The molecule has 2 aromatic carbocycles. The van der Waals surface area contributed by atoms with E-state index in [2.05, 4.69) is 15.3 Å². The van der Waals surface area contributed by atoms with E-state index in [0.717, 1.165) is 23.0 Å². The van der Waals surface area contributed by atoms with Crippen molar-refractivity contribution in [2.45, 2.75) is 12.1 Å². The van der Waals surface area contributed by atoms with Crippen LogP contribution < -0.4 is 15.6 Å². The molecule has 2 heterocycles. The number of thioether (sulfide) groups is 1. The van der Waals surface area contributed by atoms with E-state index in [1.807, 2.05) is 19.1 Å². The molecule has 7 nitrogen and oxygen atoms in total. The van der Waals surface area contributed by atoms with Crippen LogP contribution >= 0.6 is 46.9 Å². The Bertz CT molecular complexity index is 1440. The topological polar surface area (TPSA) is 89.0 Å². The maximum atomic E-state index is 12.6. The van der Waals surface area contributed by atoms with Crippen LogP contribution in [0.2, 0.25) is 5.02 Å². The highest BCUT2D eigenvalue weighted by Crippen LogP contribution is 2.27. The van der Waals surface area contributed by atoms with Gasteiger partial charge in [-0.25, -0.2) is 4.98 Å². The summed E-state index contributed by atoms with van der Waals surface area (Å²) in [4.78, 5) is 32.3. The number of carbonyl (C=O) groups is 1. The average molecular weight is 505 g/mol. The fourth-order valence-electron chi connectivity index (χ4n) is 2.99. The summed E-state index contributed by atoms with van der Waals surface area (Å²) in [6, 6.07) is 12.6. The van der Waals surface area contributed by atoms with Crippen LogP contribution in [0.15, 0.2) is 52.4 Å². The molecule has 0 aliphatic carbocycles. The fourth-order valence-corrected chi connectivity index (χ4v) is 5.03. The van der Waals surface area contributed by atoms with E-state index < -0.39 is 0 Å². The molecule has 0 unspecified atom stereocenters. The summed E-state index contributed by atoms with van der Waals surface area (Å²) >= 11 is 14.0. The molecule has 0 aliphatic rings. The highest BCUT2D eigenvalue weighted by molar-refractivity contribution is 7.99. The molecule has 0 atom stereocenters. The number of anilines is 1. The number of amides is 1. The summed E-state index contributed by atoms with van der Waals surface area (Å²) in [6.45, 7) is 1.90. The second kappa shape index (κ2) is 9.45. The molecule has 4 aromatic rings. The lowest BCUT2D eigenvalue weighted by molar-refractivity contribution is -0.113. The molecule has 0 saturated heterocycles. The summed E-state index contributed by atoms with van der Waals surface area (Å²) in [7, 11) is 1.56. The molecular weight excluding hydrogens is 488 g/mol. The number of halogens is 1. The first kappa shape index (κ1) is 22.5. The summed E-state index contributed by atoms with van der Waals surface area (Å²) in [5.41, 5.74) is 2.43. The van der Waals surface area contributed by atoms with Crippen molar-refractivity contribution < 1.29 is 9.53 Å². The molecule has 0 bridgehead atoms. The van der Waals surface area contributed by atoms with Crippen LogP contribution in [0.1, 0.15) is 5.56 Å². The molecule has 2 N–H and O–H groups in total. The molecule has 2 aromatic heterocycles. The SMILES string of the molecule is COc1cccc(NC(=O)CSc2nc3c(sc(=S)n3-c3ccc(Cl)c(C)c3)c(=O)[nH]2)c1. The zero-order valence-corrected chi connectivity index (χ0v) is 20.2. The first-order valence-corrected chi connectivity index (χ1v) is 11.9. The Morgan fingerprint density at radius 1 is 1.34 bits per heavy atom. The Labute approximate surface area is 201 Å². The second-order valence-electron chi connectivity index (χ2n) is 6.73. The number of methoxy groups -OCH3 is 1. The van der Waals surface area contributed by atoms with E-state index in [-0.39, 0.29) is 17.2 Å². The number of H-pyrrole nitrogens is 1. The minimum Gasteiger partial charge on any atom is -0.497 e. The Balaban J connectivity index is 1.60. The van der Waals surface area contributed by atoms with Gasteiger partial charge in [0.25, 0.3) is 5.56 Å². The number of hydrogen-bond acceptors (Lipinski definition) is 7. The summed E-state index contributed by atoms with van der Waals surface area (Å²) in [6.07, 6.45) is 0. The van der Waals surface area contributed by atoms with E-state index in [1.165, 1.54) is 11.3 Å². The molecule has 32 heavy (non-hydrogen) atoms. The van der Waals surface area contributed by atoms with Gasteiger partial charge < -0.3 is 15.0 Å². The van der Waals surface area contributed by atoms with Crippen molar-refractivity contribution in [1.29, 1.82) is 0 Å². The van der Waals surface area contributed by atoms with E-state index in [1.54, 1.807) is 42.0 Å². The van der Waals surface area contributed by atoms with Gasteiger partial charge in [0.15, 0.2) is 14.8 Å². The Morgan fingerprint density at radius 2 is 2.16 bits per heavy atom. The van der Waals surface area contributed by atoms with E-state index >= 15 is 0 Å². The van der Waals surface area contributed by atoms with Crippen molar-refractivity contribution in [3.63, 3.8) is 0 Å². The number of aryl methyl sites for hydroxylation is 1. The molecular formula is C21H17ClN4O3S3. The summed E-state index contributed by atoms with van der Waals surface area (Å²) in [5.74, 6) is 0.476. The first-order chi connectivity index (χ1) is 15.4. The van der Waals surface area contributed by atoms with Gasteiger partial charge in [0.1, 0.15) is 10.4 Å². The van der Waals surface area contributed by atoms with Gasteiger partial charge in [-0.05, 0) is 55.0 Å². The maximum absolute atomic E-state index is 12.6. The predicted molar refractivity (Wildman–Crippen MR) is 132 cm³/mol. The third kappa shape index (κ3) is 4.73. The molecule has 0 fully saturated rings. The lowest BCUT2D eigenvalue weighted by Gasteiger charge is -2.08. The molecule has 0 aliphatic heterocycles. The zero-order valence-electron chi connectivity index (χ0n) is 17.0. The van der Waals surface area contributed by atoms with Gasteiger partial charge in [0.2, 0.25) is 5.91 Å². The van der Waals surface area contributed by atoms with Crippen LogP contribution in [0, 0.1) is 10.9 Å². The normalized spacial score (nSPS) is 11.0. The number of fused-ring (bicyclic) bond motifs is 1. The summed E-state index contributed by atoms with van der Waals surface area (Å²) < 4.78 is 7.83. The van der Waals surface area contributed by atoms with Crippen molar-refractivity contribution in [3.8, 4) is 11.4 Å². The smallest absolute Gasteiger partial charge is 0.271 e. The number of nitrogens with one attached hydrogen (secondary N) is 2. The van der Waals surface area contributed by atoms with E-state index in [0.29, 0.717) is 35.9 Å². The van der Waals surface area contributed by atoms with Crippen LogP contribution in [-0.2, 0) is 4.79 Å². The third-order valence-electron chi connectivity index (χ3n) is 4.51. The minimum atomic E-state index is -0.300. The predicted octanol–water partition coefficient (Wildman–Crippen LogP) is 5.21. The minimum absolute atomic E-state index is 0.0661. The Hall–Kier alpha value is -2.66. The van der Waals surface area contributed by atoms with Crippen molar-refractivity contribution in [2.75, 3.05) is 18.2 Å². The van der Waals surface area contributed by atoms with Gasteiger partial charge >= 0.3 is 0 Å². The molecule has 0 radical (unpaired) electrons.